The van der Waals surface area contributed by atoms with Crippen molar-refractivity contribution in [3.63, 3.8) is 0 Å². The van der Waals surface area contributed by atoms with E-state index in [-0.39, 0.29) is 16.5 Å². The molecule has 148 valence electrons. The lowest BCUT2D eigenvalue weighted by molar-refractivity contribution is -0.122. The third kappa shape index (κ3) is 4.65. The highest BCUT2D eigenvalue weighted by molar-refractivity contribution is 6.33. The second-order valence-corrected chi connectivity index (χ2v) is 7.24. The summed E-state index contributed by atoms with van der Waals surface area (Å²) in [6, 6.07) is 10.8. The molecular formula is C22H24ClNO4. The lowest BCUT2D eigenvalue weighted by Gasteiger charge is -2.20. The molecule has 0 fully saturated rings. The molecule has 1 atom stereocenters. The van der Waals surface area contributed by atoms with Crippen LogP contribution < -0.4 is 10.1 Å². The van der Waals surface area contributed by atoms with Gasteiger partial charge < -0.3 is 14.8 Å². The maximum atomic E-state index is 12.7. The van der Waals surface area contributed by atoms with Crippen LogP contribution in [-0.2, 0) is 22.4 Å². The highest BCUT2D eigenvalue weighted by Gasteiger charge is 2.21. The fraction of sp³-hybridized carbons (Fsp3) is 0.364. The third-order valence-electron chi connectivity index (χ3n) is 4.90. The number of nitrogens with one attached hydrogen (secondary N) is 1. The van der Waals surface area contributed by atoms with Crippen LogP contribution in [0.15, 0.2) is 36.4 Å². The fourth-order valence-corrected chi connectivity index (χ4v) is 3.56. The predicted octanol–water partition coefficient (Wildman–Crippen LogP) is 4.80. The van der Waals surface area contributed by atoms with Gasteiger partial charge in [-0.2, -0.15) is 0 Å². The lowest BCUT2D eigenvalue weighted by atomic mass is 9.92. The molecule has 1 aliphatic carbocycles. The number of fused-ring (bicyclic) bond motifs is 1. The van der Waals surface area contributed by atoms with Crippen LogP contribution in [0.5, 0.6) is 5.75 Å². The number of aryl methyl sites for hydroxylation is 2. The second kappa shape index (κ2) is 9.11. The third-order valence-corrected chi connectivity index (χ3v) is 5.23. The zero-order chi connectivity index (χ0) is 20.1. The van der Waals surface area contributed by atoms with E-state index < -0.39 is 12.1 Å². The number of hydrogen-bond donors (Lipinski definition) is 1. The molecule has 3 rings (SSSR count). The van der Waals surface area contributed by atoms with Gasteiger partial charge in [0.2, 0.25) is 0 Å². The van der Waals surface area contributed by atoms with E-state index in [1.165, 1.54) is 37.1 Å². The van der Waals surface area contributed by atoms with Gasteiger partial charge in [-0.3, -0.25) is 4.79 Å². The first-order chi connectivity index (χ1) is 13.5. The van der Waals surface area contributed by atoms with Gasteiger partial charge in [0.1, 0.15) is 5.75 Å². The number of methoxy groups -OCH3 is 1. The number of hydrogen-bond acceptors (Lipinski definition) is 4. The minimum Gasteiger partial charge on any atom is -0.481 e. The second-order valence-electron chi connectivity index (χ2n) is 6.83. The zero-order valence-corrected chi connectivity index (χ0v) is 16.8. The van der Waals surface area contributed by atoms with Crippen molar-refractivity contribution >= 4 is 29.2 Å². The first kappa shape index (κ1) is 20.2. The monoisotopic (exact) mass is 401 g/mol. The molecule has 2 aromatic rings. The van der Waals surface area contributed by atoms with E-state index in [9.17, 15) is 9.59 Å². The number of amides is 1. The maximum absolute atomic E-state index is 12.7. The summed E-state index contributed by atoms with van der Waals surface area (Å²) >= 11 is 6.02. The molecule has 0 spiro atoms. The van der Waals surface area contributed by atoms with Crippen LogP contribution in [0, 0.1) is 0 Å². The molecule has 0 aromatic heterocycles. The molecule has 0 saturated heterocycles. The topological polar surface area (TPSA) is 64.6 Å². The van der Waals surface area contributed by atoms with Gasteiger partial charge in [-0.05, 0) is 73.6 Å². The highest BCUT2D eigenvalue weighted by Crippen LogP contribution is 2.27. The van der Waals surface area contributed by atoms with Crippen molar-refractivity contribution in [2.45, 2.75) is 45.1 Å². The van der Waals surface area contributed by atoms with Gasteiger partial charge in [0, 0.05) is 5.69 Å². The van der Waals surface area contributed by atoms with E-state index in [1.807, 2.05) is 19.1 Å². The summed E-state index contributed by atoms with van der Waals surface area (Å²) in [6.45, 7) is 1.89. The number of rotatable bonds is 6. The van der Waals surface area contributed by atoms with Crippen molar-refractivity contribution in [2.24, 2.45) is 0 Å². The van der Waals surface area contributed by atoms with Crippen LogP contribution in [0.2, 0.25) is 5.02 Å². The summed E-state index contributed by atoms with van der Waals surface area (Å²) in [5.41, 5.74) is 3.33. The van der Waals surface area contributed by atoms with Crippen molar-refractivity contribution in [3.05, 3.63) is 58.1 Å². The lowest BCUT2D eigenvalue weighted by Crippen LogP contribution is -2.32. The Balaban J connectivity index is 1.71. The van der Waals surface area contributed by atoms with Crippen molar-refractivity contribution in [2.75, 3.05) is 12.4 Å². The Morgan fingerprint density at radius 2 is 1.86 bits per heavy atom. The molecule has 0 saturated carbocycles. The van der Waals surface area contributed by atoms with Gasteiger partial charge in [-0.1, -0.05) is 24.6 Å². The molecular weight excluding hydrogens is 378 g/mol. The highest BCUT2D eigenvalue weighted by atomic mass is 35.5. The van der Waals surface area contributed by atoms with E-state index >= 15 is 0 Å². The molecule has 28 heavy (non-hydrogen) atoms. The largest absolute Gasteiger partial charge is 0.481 e. The summed E-state index contributed by atoms with van der Waals surface area (Å²) < 4.78 is 10.7. The SMILES string of the molecule is CCC(Oc1ccc2c(c1)CCCC2)C(=O)Nc1ccc(Cl)c(C(=O)OC)c1. The van der Waals surface area contributed by atoms with Crippen molar-refractivity contribution in [1.29, 1.82) is 0 Å². The number of ether oxygens (including phenoxy) is 2. The van der Waals surface area contributed by atoms with E-state index in [4.69, 9.17) is 21.1 Å². The first-order valence-corrected chi connectivity index (χ1v) is 9.86. The normalized spacial score (nSPS) is 14.0. The number of benzene rings is 2. The maximum Gasteiger partial charge on any atom is 0.339 e. The van der Waals surface area contributed by atoms with E-state index in [0.717, 1.165) is 12.8 Å². The van der Waals surface area contributed by atoms with Crippen LogP contribution >= 0.6 is 11.6 Å². The number of carbonyl (C=O) groups excluding carboxylic acids is 2. The van der Waals surface area contributed by atoms with Gasteiger partial charge >= 0.3 is 5.97 Å². The number of anilines is 1. The van der Waals surface area contributed by atoms with Crippen LogP contribution in [-0.4, -0.2) is 25.1 Å². The Kier molecular flexibility index (Phi) is 6.57. The Hall–Kier alpha value is -2.53. The average Bonchev–Trinajstić information content (AvgIpc) is 2.72. The van der Waals surface area contributed by atoms with Gasteiger partial charge in [0.25, 0.3) is 5.91 Å². The zero-order valence-electron chi connectivity index (χ0n) is 16.1. The van der Waals surface area contributed by atoms with Crippen LogP contribution in [0.25, 0.3) is 0 Å². The molecule has 1 unspecified atom stereocenters. The summed E-state index contributed by atoms with van der Waals surface area (Å²) in [6.07, 6.45) is 4.44. The number of halogens is 1. The molecule has 6 heteroatoms. The minimum absolute atomic E-state index is 0.200. The first-order valence-electron chi connectivity index (χ1n) is 9.49. The smallest absolute Gasteiger partial charge is 0.339 e. The Morgan fingerprint density at radius 3 is 2.57 bits per heavy atom. The van der Waals surface area contributed by atoms with Crippen LogP contribution in [0.3, 0.4) is 0 Å². The van der Waals surface area contributed by atoms with E-state index in [2.05, 4.69) is 11.4 Å². The molecule has 0 radical (unpaired) electrons. The Labute approximate surface area is 170 Å². The molecule has 0 aliphatic heterocycles. The molecule has 1 amide bonds. The van der Waals surface area contributed by atoms with Crippen molar-refractivity contribution in [1.82, 2.24) is 0 Å². The summed E-state index contributed by atoms with van der Waals surface area (Å²) in [7, 11) is 1.28. The van der Waals surface area contributed by atoms with Gasteiger partial charge in [-0.25, -0.2) is 4.79 Å². The van der Waals surface area contributed by atoms with Crippen molar-refractivity contribution < 1.29 is 19.1 Å². The van der Waals surface area contributed by atoms with Crippen molar-refractivity contribution in [3.8, 4) is 5.75 Å². The van der Waals surface area contributed by atoms with Crippen LogP contribution in [0.4, 0.5) is 5.69 Å². The molecule has 0 heterocycles. The molecule has 5 nitrogen and oxygen atoms in total. The average molecular weight is 402 g/mol. The predicted molar refractivity (Wildman–Crippen MR) is 109 cm³/mol. The fourth-order valence-electron chi connectivity index (χ4n) is 3.36. The molecule has 2 aromatic carbocycles. The molecule has 1 N–H and O–H groups in total. The molecule has 0 bridgehead atoms. The summed E-state index contributed by atoms with van der Waals surface area (Å²) in [5, 5.41) is 3.06. The van der Waals surface area contributed by atoms with E-state index in [0.29, 0.717) is 17.9 Å². The van der Waals surface area contributed by atoms with Gasteiger partial charge in [-0.15, -0.1) is 0 Å². The number of esters is 1. The summed E-state index contributed by atoms with van der Waals surface area (Å²) in [4.78, 5) is 24.5. The molecule has 1 aliphatic rings. The van der Waals surface area contributed by atoms with Gasteiger partial charge in [0.15, 0.2) is 6.10 Å². The summed E-state index contributed by atoms with van der Waals surface area (Å²) in [5.74, 6) is -0.134. The number of carbonyl (C=O) groups is 2. The quantitative estimate of drug-likeness (QED) is 0.706. The van der Waals surface area contributed by atoms with Gasteiger partial charge in [0.05, 0.1) is 17.7 Å². The standard InChI is InChI=1S/C22H24ClNO4/c1-3-20(28-17-10-8-14-6-4-5-7-15(14)12-17)21(25)24-16-9-11-19(23)18(13-16)22(26)27-2/h8-13,20H,3-7H2,1-2H3,(H,24,25). The van der Waals surface area contributed by atoms with Crippen LogP contribution in [0.1, 0.15) is 47.7 Å². The Morgan fingerprint density at radius 1 is 1.11 bits per heavy atom. The minimum atomic E-state index is -0.640. The Bertz CT molecular complexity index is 881. The van der Waals surface area contributed by atoms with E-state index in [1.54, 1.807) is 12.1 Å².